The molecule has 0 spiro atoms. The molecule has 0 aromatic heterocycles. The van der Waals surface area contributed by atoms with Crippen molar-refractivity contribution in [2.24, 2.45) is 5.41 Å². The number of halogens is 1. The summed E-state index contributed by atoms with van der Waals surface area (Å²) in [5, 5.41) is 9.71. The van der Waals surface area contributed by atoms with E-state index in [4.69, 9.17) is 0 Å². The van der Waals surface area contributed by atoms with Crippen LogP contribution in [0.5, 0.6) is 0 Å². The fourth-order valence-corrected chi connectivity index (χ4v) is 4.61. The Morgan fingerprint density at radius 3 is 2.21 bits per heavy atom. The van der Waals surface area contributed by atoms with Crippen molar-refractivity contribution in [3.63, 3.8) is 0 Å². The van der Waals surface area contributed by atoms with Gasteiger partial charge in [0.2, 0.25) is 0 Å². The van der Waals surface area contributed by atoms with Crippen molar-refractivity contribution in [2.45, 2.75) is 57.8 Å². The van der Waals surface area contributed by atoms with Gasteiger partial charge in [0.1, 0.15) is 0 Å². The number of nitrogens with zero attached hydrogens (tertiary/aromatic N) is 1. The molecule has 0 radical (unpaired) electrons. The highest BCUT2D eigenvalue weighted by molar-refractivity contribution is 9.10. The van der Waals surface area contributed by atoms with E-state index in [-0.39, 0.29) is 5.41 Å². The lowest BCUT2D eigenvalue weighted by Gasteiger charge is -2.54. The zero-order valence-corrected chi connectivity index (χ0v) is 13.5. The SMILES string of the molecule is CCCC1(CCC)CC(C#N)(c2ccccc2Br)C1. The fraction of sp³-hybridized carbons (Fsp3) is 0.588. The van der Waals surface area contributed by atoms with Crippen molar-refractivity contribution in [1.29, 1.82) is 5.26 Å². The molecule has 0 N–H and O–H groups in total. The first kappa shape index (κ1) is 14.6. The first-order valence-electron chi connectivity index (χ1n) is 7.28. The lowest BCUT2D eigenvalue weighted by Crippen LogP contribution is -2.49. The van der Waals surface area contributed by atoms with Crippen LogP contribution >= 0.6 is 15.9 Å². The third kappa shape index (κ3) is 2.58. The number of rotatable bonds is 5. The quantitative estimate of drug-likeness (QED) is 0.693. The zero-order valence-electron chi connectivity index (χ0n) is 11.9. The Labute approximate surface area is 125 Å². The lowest BCUT2D eigenvalue weighted by atomic mass is 9.48. The minimum Gasteiger partial charge on any atom is -0.197 e. The van der Waals surface area contributed by atoms with E-state index in [2.05, 4.69) is 41.9 Å². The predicted octanol–water partition coefficient (Wildman–Crippen LogP) is 5.59. The normalized spacial score (nSPS) is 19.5. The van der Waals surface area contributed by atoms with Crippen molar-refractivity contribution in [3.05, 3.63) is 34.3 Å². The van der Waals surface area contributed by atoms with Gasteiger partial charge in [0.25, 0.3) is 0 Å². The lowest BCUT2D eigenvalue weighted by molar-refractivity contribution is 0.0354. The molecule has 1 saturated carbocycles. The Balaban J connectivity index is 2.26. The molecule has 19 heavy (non-hydrogen) atoms. The molecule has 1 aliphatic carbocycles. The molecule has 0 unspecified atom stereocenters. The Kier molecular flexibility index (Phi) is 4.36. The molecule has 0 saturated heterocycles. The highest BCUT2D eigenvalue weighted by Crippen LogP contribution is 2.60. The number of benzene rings is 1. The summed E-state index contributed by atoms with van der Waals surface area (Å²) in [5.41, 5.74) is 1.33. The second-order valence-corrected chi connectivity index (χ2v) is 6.88. The average molecular weight is 320 g/mol. The van der Waals surface area contributed by atoms with E-state index in [0.717, 1.165) is 17.3 Å². The Morgan fingerprint density at radius 2 is 1.74 bits per heavy atom. The van der Waals surface area contributed by atoms with E-state index < -0.39 is 0 Å². The summed E-state index contributed by atoms with van der Waals surface area (Å²) in [7, 11) is 0. The van der Waals surface area contributed by atoms with Crippen molar-refractivity contribution >= 4 is 15.9 Å². The van der Waals surface area contributed by atoms with Crippen LogP contribution in [0.1, 0.15) is 57.9 Å². The average Bonchev–Trinajstić information content (AvgIpc) is 2.36. The molecule has 0 amide bonds. The van der Waals surface area contributed by atoms with Gasteiger partial charge in [0.05, 0.1) is 11.5 Å². The number of hydrogen-bond acceptors (Lipinski definition) is 1. The Morgan fingerprint density at radius 1 is 1.16 bits per heavy atom. The van der Waals surface area contributed by atoms with Crippen LogP contribution in [-0.4, -0.2) is 0 Å². The van der Waals surface area contributed by atoms with E-state index >= 15 is 0 Å². The molecular weight excluding hydrogens is 298 g/mol. The van der Waals surface area contributed by atoms with Crippen molar-refractivity contribution in [2.75, 3.05) is 0 Å². The van der Waals surface area contributed by atoms with Crippen LogP contribution in [0.4, 0.5) is 0 Å². The molecule has 2 rings (SSSR count). The van der Waals surface area contributed by atoms with Crippen molar-refractivity contribution in [1.82, 2.24) is 0 Å². The van der Waals surface area contributed by atoms with Crippen molar-refractivity contribution in [3.8, 4) is 6.07 Å². The second kappa shape index (κ2) is 5.67. The first-order valence-corrected chi connectivity index (χ1v) is 8.07. The maximum atomic E-state index is 9.71. The zero-order chi connectivity index (χ0) is 13.9. The smallest absolute Gasteiger partial charge is 0.0843 e. The van der Waals surface area contributed by atoms with Crippen LogP contribution in [0.3, 0.4) is 0 Å². The van der Waals surface area contributed by atoms with Gasteiger partial charge in [0, 0.05) is 4.47 Å². The predicted molar refractivity (Wildman–Crippen MR) is 82.9 cm³/mol. The minimum atomic E-state index is -0.259. The van der Waals surface area contributed by atoms with Gasteiger partial charge in [-0.15, -0.1) is 0 Å². The first-order chi connectivity index (χ1) is 9.11. The molecule has 2 heteroatoms. The number of nitriles is 1. The topological polar surface area (TPSA) is 23.8 Å². The summed E-state index contributed by atoms with van der Waals surface area (Å²) in [4.78, 5) is 0. The number of hydrogen-bond donors (Lipinski definition) is 0. The molecule has 1 fully saturated rings. The Bertz CT molecular complexity index is 472. The van der Waals surface area contributed by atoms with Gasteiger partial charge in [-0.3, -0.25) is 0 Å². The van der Waals surface area contributed by atoms with Crippen LogP contribution in [-0.2, 0) is 5.41 Å². The van der Waals surface area contributed by atoms with Gasteiger partial charge in [0.15, 0.2) is 0 Å². The summed E-state index contributed by atoms with van der Waals surface area (Å²) in [6.07, 6.45) is 7.01. The summed E-state index contributed by atoms with van der Waals surface area (Å²) in [5.74, 6) is 0. The molecule has 0 aliphatic heterocycles. The summed E-state index contributed by atoms with van der Waals surface area (Å²) >= 11 is 3.61. The van der Waals surface area contributed by atoms with Gasteiger partial charge >= 0.3 is 0 Å². The van der Waals surface area contributed by atoms with E-state index in [1.165, 1.54) is 31.2 Å². The van der Waals surface area contributed by atoms with E-state index in [0.29, 0.717) is 5.41 Å². The fourth-order valence-electron chi connectivity index (χ4n) is 3.95. The van der Waals surface area contributed by atoms with Gasteiger partial charge in [-0.1, -0.05) is 60.8 Å². The van der Waals surface area contributed by atoms with Gasteiger partial charge in [-0.05, 0) is 42.7 Å². The monoisotopic (exact) mass is 319 g/mol. The van der Waals surface area contributed by atoms with Gasteiger partial charge < -0.3 is 0 Å². The minimum absolute atomic E-state index is 0.259. The molecule has 1 aromatic rings. The third-order valence-electron chi connectivity index (χ3n) is 4.52. The summed E-state index contributed by atoms with van der Waals surface area (Å²) in [6.45, 7) is 4.50. The highest BCUT2D eigenvalue weighted by atomic mass is 79.9. The van der Waals surface area contributed by atoms with Gasteiger partial charge in [-0.2, -0.15) is 5.26 Å². The summed E-state index contributed by atoms with van der Waals surface area (Å²) in [6, 6.07) is 10.8. The molecule has 1 nitrogen and oxygen atoms in total. The standard InChI is InChI=1S/C17H22BrN/c1-3-9-16(10-4-2)11-17(12-16,13-19)14-7-5-6-8-15(14)18/h5-8H,3-4,9-12H2,1-2H3. The van der Waals surface area contributed by atoms with E-state index in [9.17, 15) is 5.26 Å². The van der Waals surface area contributed by atoms with Crippen LogP contribution in [0.15, 0.2) is 28.7 Å². The second-order valence-electron chi connectivity index (χ2n) is 6.03. The van der Waals surface area contributed by atoms with E-state index in [1.54, 1.807) is 0 Å². The molecule has 1 aromatic carbocycles. The molecule has 102 valence electrons. The molecule has 0 atom stereocenters. The molecule has 1 aliphatic rings. The third-order valence-corrected chi connectivity index (χ3v) is 5.21. The van der Waals surface area contributed by atoms with Crippen LogP contribution in [0, 0.1) is 16.7 Å². The summed E-state index contributed by atoms with van der Waals surface area (Å²) < 4.78 is 1.08. The highest BCUT2D eigenvalue weighted by Gasteiger charge is 2.55. The maximum absolute atomic E-state index is 9.71. The maximum Gasteiger partial charge on any atom is 0.0843 e. The van der Waals surface area contributed by atoms with Crippen LogP contribution in [0.25, 0.3) is 0 Å². The molecular formula is C17H22BrN. The van der Waals surface area contributed by atoms with E-state index in [1.807, 2.05) is 18.2 Å². The molecule has 0 bridgehead atoms. The van der Waals surface area contributed by atoms with Crippen LogP contribution in [0.2, 0.25) is 0 Å². The van der Waals surface area contributed by atoms with Crippen LogP contribution < -0.4 is 0 Å². The molecule has 0 heterocycles. The van der Waals surface area contributed by atoms with Crippen molar-refractivity contribution < 1.29 is 0 Å². The van der Waals surface area contributed by atoms with Gasteiger partial charge in [-0.25, -0.2) is 0 Å². The largest absolute Gasteiger partial charge is 0.197 e. The Hall–Kier alpha value is -0.810.